The normalized spacial score (nSPS) is 12.8. The van der Waals surface area contributed by atoms with Crippen molar-refractivity contribution in [3.8, 4) is 0 Å². The predicted molar refractivity (Wildman–Crippen MR) is 139 cm³/mol. The van der Waals surface area contributed by atoms with E-state index in [4.69, 9.17) is 0 Å². The summed E-state index contributed by atoms with van der Waals surface area (Å²) in [5.41, 5.74) is 3.32. The lowest BCUT2D eigenvalue weighted by molar-refractivity contribution is 0.220. The SMILES string of the molecule is CS(=O)(=O)c1ccc(C(O)c2ccccc2)cc1.CSc1ccc(C(O)c2ccccc2)cc1. The van der Waals surface area contributed by atoms with E-state index in [0.717, 1.165) is 22.9 Å². The van der Waals surface area contributed by atoms with Crippen LogP contribution in [-0.2, 0) is 9.84 Å². The van der Waals surface area contributed by atoms with Gasteiger partial charge in [-0.25, -0.2) is 8.42 Å². The molecular formula is C28H28O4S2. The van der Waals surface area contributed by atoms with Gasteiger partial charge in [0.15, 0.2) is 9.84 Å². The quantitative estimate of drug-likeness (QED) is 0.340. The van der Waals surface area contributed by atoms with Crippen molar-refractivity contribution < 1.29 is 18.6 Å². The molecule has 0 bridgehead atoms. The van der Waals surface area contributed by atoms with Gasteiger partial charge in [-0.05, 0) is 52.8 Å². The second-order valence-electron chi connectivity index (χ2n) is 7.74. The first-order valence-corrected chi connectivity index (χ1v) is 13.8. The zero-order valence-corrected chi connectivity index (χ0v) is 20.7. The smallest absolute Gasteiger partial charge is 0.175 e. The number of rotatable bonds is 6. The summed E-state index contributed by atoms with van der Waals surface area (Å²) >= 11 is 1.70. The molecule has 0 heterocycles. The molecule has 4 nitrogen and oxygen atoms in total. The predicted octanol–water partition coefficient (Wildman–Crippen LogP) is 5.66. The first kappa shape index (κ1) is 25.7. The topological polar surface area (TPSA) is 74.6 Å². The second-order valence-corrected chi connectivity index (χ2v) is 10.6. The van der Waals surface area contributed by atoms with E-state index in [9.17, 15) is 18.6 Å². The van der Waals surface area contributed by atoms with E-state index in [-0.39, 0.29) is 4.90 Å². The van der Waals surface area contributed by atoms with E-state index in [0.29, 0.717) is 5.56 Å². The molecule has 0 aliphatic rings. The van der Waals surface area contributed by atoms with Crippen LogP contribution in [0.4, 0.5) is 0 Å². The number of thioether (sulfide) groups is 1. The monoisotopic (exact) mass is 492 g/mol. The lowest BCUT2D eigenvalue weighted by atomic mass is 10.0. The zero-order valence-electron chi connectivity index (χ0n) is 19.1. The van der Waals surface area contributed by atoms with Crippen molar-refractivity contribution in [1.82, 2.24) is 0 Å². The summed E-state index contributed by atoms with van der Waals surface area (Å²) in [6, 6.07) is 33.2. The average molecular weight is 493 g/mol. The fraction of sp³-hybridized carbons (Fsp3) is 0.143. The standard InChI is InChI=1S/C14H14O3S.C14H14OS/c1-18(16,17)13-9-7-12(8-10-13)14(15)11-5-3-2-4-6-11;1-16-13-9-7-12(8-10-13)14(15)11-5-3-2-4-6-11/h2-10,14-15H,1H3;2-10,14-15H,1H3. The van der Waals surface area contributed by atoms with Gasteiger partial charge in [0.05, 0.1) is 4.90 Å². The van der Waals surface area contributed by atoms with E-state index < -0.39 is 22.0 Å². The van der Waals surface area contributed by atoms with Crippen molar-refractivity contribution in [3.63, 3.8) is 0 Å². The molecule has 0 amide bonds. The van der Waals surface area contributed by atoms with Gasteiger partial charge in [0.25, 0.3) is 0 Å². The lowest BCUT2D eigenvalue weighted by Crippen LogP contribution is -2.01. The van der Waals surface area contributed by atoms with Gasteiger partial charge in [-0.1, -0.05) is 84.9 Å². The molecule has 34 heavy (non-hydrogen) atoms. The van der Waals surface area contributed by atoms with Gasteiger partial charge in [0, 0.05) is 11.2 Å². The Balaban J connectivity index is 0.000000192. The van der Waals surface area contributed by atoms with Crippen molar-refractivity contribution in [3.05, 3.63) is 131 Å². The molecular weight excluding hydrogens is 464 g/mol. The molecule has 0 saturated heterocycles. The summed E-state index contributed by atoms with van der Waals surface area (Å²) in [5.74, 6) is 0. The highest BCUT2D eigenvalue weighted by atomic mass is 32.2. The van der Waals surface area contributed by atoms with Gasteiger partial charge in [-0.2, -0.15) is 0 Å². The van der Waals surface area contributed by atoms with Gasteiger partial charge < -0.3 is 10.2 Å². The third-order valence-corrected chi connectivity index (χ3v) is 7.16. The Kier molecular flexibility index (Phi) is 9.07. The molecule has 176 valence electrons. The van der Waals surface area contributed by atoms with Crippen LogP contribution in [0.15, 0.2) is 119 Å². The Morgan fingerprint density at radius 1 is 0.588 bits per heavy atom. The van der Waals surface area contributed by atoms with E-state index >= 15 is 0 Å². The Labute approximate surface area is 205 Å². The summed E-state index contributed by atoms with van der Waals surface area (Å²) in [6.07, 6.45) is 1.94. The number of benzene rings is 4. The number of hydrogen-bond donors (Lipinski definition) is 2. The summed E-state index contributed by atoms with van der Waals surface area (Å²) < 4.78 is 22.6. The average Bonchev–Trinajstić information content (AvgIpc) is 2.89. The van der Waals surface area contributed by atoms with Crippen LogP contribution in [0.2, 0.25) is 0 Å². The van der Waals surface area contributed by atoms with Gasteiger partial charge in [0.1, 0.15) is 12.2 Å². The fourth-order valence-electron chi connectivity index (χ4n) is 3.34. The molecule has 2 unspecified atom stereocenters. The van der Waals surface area contributed by atoms with Gasteiger partial charge >= 0.3 is 0 Å². The van der Waals surface area contributed by atoms with Crippen LogP contribution in [0.1, 0.15) is 34.5 Å². The van der Waals surface area contributed by atoms with Crippen molar-refractivity contribution in [2.24, 2.45) is 0 Å². The molecule has 4 aromatic carbocycles. The summed E-state index contributed by atoms with van der Waals surface area (Å²) in [6.45, 7) is 0. The highest BCUT2D eigenvalue weighted by Crippen LogP contribution is 2.24. The highest BCUT2D eigenvalue weighted by molar-refractivity contribution is 7.98. The number of sulfone groups is 1. The maximum Gasteiger partial charge on any atom is 0.175 e. The molecule has 6 heteroatoms. The second kappa shape index (κ2) is 12.0. The van der Waals surface area contributed by atoms with Crippen LogP contribution in [0.25, 0.3) is 0 Å². The highest BCUT2D eigenvalue weighted by Gasteiger charge is 2.12. The van der Waals surface area contributed by atoms with Crippen molar-refractivity contribution in [2.45, 2.75) is 22.0 Å². The maximum absolute atomic E-state index is 11.3. The van der Waals surface area contributed by atoms with E-state index in [1.54, 1.807) is 23.9 Å². The Morgan fingerprint density at radius 3 is 1.29 bits per heavy atom. The molecule has 0 aliphatic carbocycles. The first-order valence-electron chi connectivity index (χ1n) is 10.7. The Bertz CT molecular complexity index is 1260. The van der Waals surface area contributed by atoms with E-state index in [2.05, 4.69) is 0 Å². The maximum atomic E-state index is 11.3. The minimum Gasteiger partial charge on any atom is -0.384 e. The molecule has 0 saturated carbocycles. The fourth-order valence-corrected chi connectivity index (χ4v) is 4.38. The zero-order chi connectivity index (χ0) is 24.6. The van der Waals surface area contributed by atoms with Crippen LogP contribution in [0.5, 0.6) is 0 Å². The molecule has 4 rings (SSSR count). The summed E-state index contributed by atoms with van der Waals surface area (Å²) in [4.78, 5) is 1.47. The molecule has 0 radical (unpaired) electrons. The Hall–Kier alpha value is -2.90. The number of aliphatic hydroxyl groups is 2. The number of aliphatic hydroxyl groups excluding tert-OH is 2. The molecule has 0 spiro atoms. The third-order valence-electron chi connectivity index (χ3n) is 5.29. The van der Waals surface area contributed by atoms with Gasteiger partial charge in [0.2, 0.25) is 0 Å². The first-order chi connectivity index (χ1) is 16.3. The number of hydrogen-bond acceptors (Lipinski definition) is 5. The summed E-state index contributed by atoms with van der Waals surface area (Å²) in [5, 5.41) is 20.3. The lowest BCUT2D eigenvalue weighted by Gasteiger charge is -2.11. The molecule has 4 aromatic rings. The van der Waals surface area contributed by atoms with Crippen molar-refractivity contribution in [2.75, 3.05) is 12.5 Å². The van der Waals surface area contributed by atoms with Crippen LogP contribution in [-0.4, -0.2) is 31.1 Å². The van der Waals surface area contributed by atoms with Crippen LogP contribution in [0.3, 0.4) is 0 Å². The molecule has 2 atom stereocenters. The minimum atomic E-state index is -3.19. The van der Waals surface area contributed by atoms with Crippen LogP contribution in [0, 0.1) is 0 Å². The molecule has 0 aromatic heterocycles. The molecule has 2 N–H and O–H groups in total. The Morgan fingerprint density at radius 2 is 0.941 bits per heavy atom. The molecule has 0 aliphatic heterocycles. The van der Waals surface area contributed by atoms with Crippen molar-refractivity contribution in [1.29, 1.82) is 0 Å². The third kappa shape index (κ3) is 7.05. The molecule has 0 fully saturated rings. The van der Waals surface area contributed by atoms with E-state index in [1.807, 2.05) is 91.2 Å². The van der Waals surface area contributed by atoms with Gasteiger partial charge in [-0.15, -0.1) is 11.8 Å². The van der Waals surface area contributed by atoms with E-state index in [1.165, 1.54) is 17.0 Å². The van der Waals surface area contributed by atoms with Crippen LogP contribution >= 0.6 is 11.8 Å². The minimum absolute atomic E-state index is 0.256. The largest absolute Gasteiger partial charge is 0.384 e. The van der Waals surface area contributed by atoms with Gasteiger partial charge in [-0.3, -0.25) is 0 Å². The van der Waals surface area contributed by atoms with Crippen molar-refractivity contribution >= 4 is 21.6 Å². The van der Waals surface area contributed by atoms with Crippen LogP contribution < -0.4 is 0 Å². The summed E-state index contributed by atoms with van der Waals surface area (Å²) in [7, 11) is -3.19.